The van der Waals surface area contributed by atoms with E-state index in [-0.39, 0.29) is 0 Å². The van der Waals surface area contributed by atoms with E-state index in [9.17, 15) is 0 Å². The Morgan fingerprint density at radius 2 is 1.57 bits per heavy atom. The molecular weight excluding hydrogens is 302 g/mol. The van der Waals surface area contributed by atoms with E-state index in [0.29, 0.717) is 0 Å². The Labute approximate surface area is 138 Å². The first kappa shape index (κ1) is 13.9. The largest absolute Gasteiger partial charge is 0.340 e. The summed E-state index contributed by atoms with van der Waals surface area (Å²) in [5, 5.41) is 4.49. The van der Waals surface area contributed by atoms with Gasteiger partial charge in [0.05, 0.1) is 5.39 Å². The molecule has 0 saturated heterocycles. The van der Waals surface area contributed by atoms with Crippen molar-refractivity contribution in [2.75, 3.05) is 5.32 Å². The highest BCUT2D eigenvalue weighted by Gasteiger charge is 2.12. The van der Waals surface area contributed by atoms with Crippen LogP contribution in [0, 0.1) is 6.92 Å². The van der Waals surface area contributed by atoms with Gasteiger partial charge in [-0.2, -0.15) is 0 Å². The summed E-state index contributed by atoms with van der Waals surface area (Å²) in [5.41, 5.74) is 2.05. The normalized spacial score (nSPS) is 10.8. The Morgan fingerprint density at radius 3 is 2.30 bits per heavy atom. The molecule has 0 radical (unpaired) electrons. The van der Waals surface area contributed by atoms with Crippen LogP contribution in [0.25, 0.3) is 21.6 Å². The first-order valence-corrected chi connectivity index (χ1v) is 8.27. The minimum Gasteiger partial charge on any atom is -0.340 e. The van der Waals surface area contributed by atoms with Gasteiger partial charge in [0, 0.05) is 16.1 Å². The van der Waals surface area contributed by atoms with E-state index < -0.39 is 0 Å². The number of nitrogens with zero attached hydrogens (tertiary/aromatic N) is 2. The maximum Gasteiger partial charge on any atom is 0.163 e. The molecule has 0 spiro atoms. The quantitative estimate of drug-likeness (QED) is 0.549. The van der Waals surface area contributed by atoms with Gasteiger partial charge in [-0.1, -0.05) is 48.5 Å². The SMILES string of the molecule is Cc1cc2c(Nc3ccccc3)nc(-c3ccccc3)nc2s1. The Balaban J connectivity index is 1.87. The molecule has 0 bridgehead atoms. The lowest BCUT2D eigenvalue weighted by molar-refractivity contribution is 1.23. The van der Waals surface area contributed by atoms with Crippen molar-refractivity contribution in [2.24, 2.45) is 0 Å². The number of anilines is 2. The van der Waals surface area contributed by atoms with E-state index in [0.717, 1.165) is 33.1 Å². The fourth-order valence-electron chi connectivity index (χ4n) is 2.51. The fourth-order valence-corrected chi connectivity index (χ4v) is 3.39. The number of nitrogens with one attached hydrogen (secondary N) is 1. The number of para-hydroxylation sites is 1. The van der Waals surface area contributed by atoms with Crippen LogP contribution >= 0.6 is 11.3 Å². The van der Waals surface area contributed by atoms with Crippen molar-refractivity contribution in [1.82, 2.24) is 9.97 Å². The molecule has 0 atom stereocenters. The van der Waals surface area contributed by atoms with Crippen LogP contribution in [0.2, 0.25) is 0 Å². The topological polar surface area (TPSA) is 37.8 Å². The molecule has 0 aliphatic rings. The molecule has 4 aromatic rings. The van der Waals surface area contributed by atoms with Gasteiger partial charge in [0.15, 0.2) is 5.82 Å². The average molecular weight is 317 g/mol. The third-order valence-corrected chi connectivity index (χ3v) is 4.53. The first-order valence-electron chi connectivity index (χ1n) is 7.45. The van der Waals surface area contributed by atoms with Crippen molar-refractivity contribution >= 4 is 33.1 Å². The van der Waals surface area contributed by atoms with Crippen molar-refractivity contribution in [3.63, 3.8) is 0 Å². The number of aryl methyl sites for hydroxylation is 1. The summed E-state index contributed by atoms with van der Waals surface area (Å²) in [6, 6.07) is 22.3. The molecule has 2 heterocycles. The van der Waals surface area contributed by atoms with Gasteiger partial charge in [0.25, 0.3) is 0 Å². The summed E-state index contributed by atoms with van der Waals surface area (Å²) in [5.74, 6) is 1.60. The molecule has 4 rings (SSSR count). The highest BCUT2D eigenvalue weighted by molar-refractivity contribution is 7.18. The summed E-state index contributed by atoms with van der Waals surface area (Å²) in [6.45, 7) is 2.10. The van der Waals surface area contributed by atoms with Crippen LogP contribution in [-0.2, 0) is 0 Å². The lowest BCUT2D eigenvalue weighted by Gasteiger charge is -2.09. The third kappa shape index (κ3) is 2.81. The van der Waals surface area contributed by atoms with Crippen LogP contribution in [0.5, 0.6) is 0 Å². The van der Waals surface area contributed by atoms with Crippen LogP contribution in [-0.4, -0.2) is 9.97 Å². The summed E-state index contributed by atoms with van der Waals surface area (Å²) < 4.78 is 0. The molecule has 1 N–H and O–H groups in total. The van der Waals surface area contributed by atoms with Crippen LogP contribution in [0.3, 0.4) is 0 Å². The smallest absolute Gasteiger partial charge is 0.163 e. The zero-order valence-electron chi connectivity index (χ0n) is 12.7. The molecule has 3 nitrogen and oxygen atoms in total. The van der Waals surface area contributed by atoms with Gasteiger partial charge in [-0.3, -0.25) is 0 Å². The number of rotatable bonds is 3. The average Bonchev–Trinajstić information content (AvgIpc) is 2.97. The van der Waals surface area contributed by atoms with E-state index in [4.69, 9.17) is 9.97 Å². The minimum absolute atomic E-state index is 0.749. The Morgan fingerprint density at radius 1 is 0.870 bits per heavy atom. The Kier molecular flexibility index (Phi) is 3.52. The van der Waals surface area contributed by atoms with Crippen LogP contribution < -0.4 is 5.32 Å². The van der Waals surface area contributed by atoms with E-state index in [1.807, 2.05) is 60.7 Å². The zero-order chi connectivity index (χ0) is 15.6. The lowest BCUT2D eigenvalue weighted by Crippen LogP contribution is -1.97. The lowest BCUT2D eigenvalue weighted by atomic mass is 10.2. The van der Waals surface area contributed by atoms with Crippen molar-refractivity contribution in [3.05, 3.63) is 71.6 Å². The highest BCUT2D eigenvalue weighted by atomic mass is 32.1. The predicted octanol–water partition coefficient (Wildman–Crippen LogP) is 5.41. The van der Waals surface area contributed by atoms with Crippen LogP contribution in [0.4, 0.5) is 11.5 Å². The second-order valence-electron chi connectivity index (χ2n) is 5.33. The summed E-state index contributed by atoms with van der Waals surface area (Å²) >= 11 is 1.69. The van der Waals surface area contributed by atoms with Crippen molar-refractivity contribution in [1.29, 1.82) is 0 Å². The molecule has 0 aliphatic carbocycles. The Bertz CT molecular complexity index is 946. The maximum atomic E-state index is 4.76. The van der Waals surface area contributed by atoms with Gasteiger partial charge in [-0.15, -0.1) is 11.3 Å². The van der Waals surface area contributed by atoms with Crippen molar-refractivity contribution in [2.45, 2.75) is 6.92 Å². The number of hydrogen-bond acceptors (Lipinski definition) is 4. The molecule has 4 heteroatoms. The van der Waals surface area contributed by atoms with Gasteiger partial charge in [-0.05, 0) is 25.1 Å². The van der Waals surface area contributed by atoms with Gasteiger partial charge in [-0.25, -0.2) is 9.97 Å². The van der Waals surface area contributed by atoms with Gasteiger partial charge < -0.3 is 5.32 Å². The molecule has 2 aromatic carbocycles. The summed E-state index contributed by atoms with van der Waals surface area (Å²) in [6.07, 6.45) is 0. The maximum absolute atomic E-state index is 4.76. The number of benzene rings is 2. The first-order chi connectivity index (χ1) is 11.3. The second-order valence-corrected chi connectivity index (χ2v) is 6.56. The minimum atomic E-state index is 0.749. The summed E-state index contributed by atoms with van der Waals surface area (Å²) in [7, 11) is 0. The van der Waals surface area contributed by atoms with Gasteiger partial charge in [0.2, 0.25) is 0 Å². The summed E-state index contributed by atoms with van der Waals surface area (Å²) in [4.78, 5) is 11.7. The van der Waals surface area contributed by atoms with Gasteiger partial charge in [0.1, 0.15) is 10.6 Å². The molecular formula is C19H15N3S. The fraction of sp³-hybridized carbons (Fsp3) is 0.0526. The standard InChI is InChI=1S/C19H15N3S/c1-13-12-16-18(20-15-10-6-3-7-11-15)21-17(22-19(16)23-13)14-8-4-2-5-9-14/h2-12H,1H3,(H,20,21,22). The number of fused-ring (bicyclic) bond motifs is 1. The van der Waals surface area contributed by atoms with E-state index in [2.05, 4.69) is 18.3 Å². The monoisotopic (exact) mass is 317 g/mol. The predicted molar refractivity (Wildman–Crippen MR) is 97.3 cm³/mol. The van der Waals surface area contributed by atoms with E-state index >= 15 is 0 Å². The molecule has 2 aromatic heterocycles. The highest BCUT2D eigenvalue weighted by Crippen LogP contribution is 2.32. The number of aromatic nitrogens is 2. The van der Waals surface area contributed by atoms with Crippen molar-refractivity contribution in [3.8, 4) is 11.4 Å². The molecule has 0 amide bonds. The second kappa shape index (κ2) is 5.82. The van der Waals surface area contributed by atoms with E-state index in [1.54, 1.807) is 11.3 Å². The van der Waals surface area contributed by atoms with E-state index in [1.165, 1.54) is 4.88 Å². The molecule has 0 fully saturated rings. The van der Waals surface area contributed by atoms with Gasteiger partial charge >= 0.3 is 0 Å². The molecule has 0 saturated carbocycles. The molecule has 23 heavy (non-hydrogen) atoms. The van der Waals surface area contributed by atoms with Crippen LogP contribution in [0.15, 0.2) is 66.7 Å². The molecule has 112 valence electrons. The Hall–Kier alpha value is -2.72. The number of thiophene rings is 1. The number of hydrogen-bond donors (Lipinski definition) is 1. The van der Waals surface area contributed by atoms with Crippen LogP contribution in [0.1, 0.15) is 4.88 Å². The molecule has 0 unspecified atom stereocenters. The van der Waals surface area contributed by atoms with Crippen molar-refractivity contribution < 1.29 is 0 Å². The molecule has 0 aliphatic heterocycles. The third-order valence-electron chi connectivity index (χ3n) is 3.58. The zero-order valence-corrected chi connectivity index (χ0v) is 13.5.